The van der Waals surface area contributed by atoms with Crippen LogP contribution in [-0.2, 0) is 10.3 Å². The zero-order chi connectivity index (χ0) is 20.8. The first-order valence-electron chi connectivity index (χ1n) is 8.53. The van der Waals surface area contributed by atoms with Gasteiger partial charge in [0.2, 0.25) is 0 Å². The predicted molar refractivity (Wildman–Crippen MR) is 98.3 cm³/mol. The minimum absolute atomic E-state index is 0.0870. The SMILES string of the molecule is CN1C(=O)C(c2ccnc(C(F)F)c2)(c2ccc(F)c(-c3cc[nH]n3)c2)N=C1N. The third-order valence-corrected chi connectivity index (χ3v) is 4.82. The summed E-state index contributed by atoms with van der Waals surface area (Å²) in [5, 5.41) is 6.56. The molecule has 1 aliphatic rings. The van der Waals surface area contributed by atoms with Gasteiger partial charge < -0.3 is 5.73 Å². The van der Waals surface area contributed by atoms with E-state index in [1.165, 1.54) is 43.7 Å². The number of nitrogens with two attached hydrogens (primary N) is 1. The number of carbonyl (C=O) groups is 1. The summed E-state index contributed by atoms with van der Waals surface area (Å²) in [4.78, 5) is 22.3. The normalized spacial score (nSPS) is 19.1. The van der Waals surface area contributed by atoms with Crippen molar-refractivity contribution in [3.8, 4) is 11.3 Å². The second-order valence-electron chi connectivity index (χ2n) is 6.47. The smallest absolute Gasteiger partial charge is 0.280 e. The van der Waals surface area contributed by atoms with E-state index in [2.05, 4.69) is 20.2 Å². The lowest BCUT2D eigenvalue weighted by Gasteiger charge is -2.26. The fraction of sp³-hybridized carbons (Fsp3) is 0.158. The number of pyridine rings is 1. The van der Waals surface area contributed by atoms with Gasteiger partial charge in [-0.3, -0.25) is 19.8 Å². The van der Waals surface area contributed by atoms with Crippen molar-refractivity contribution in [1.82, 2.24) is 20.1 Å². The second kappa shape index (κ2) is 6.73. The number of carbonyl (C=O) groups excluding carboxylic acids is 1. The molecule has 148 valence electrons. The number of benzene rings is 1. The van der Waals surface area contributed by atoms with E-state index in [4.69, 9.17) is 5.73 Å². The van der Waals surface area contributed by atoms with E-state index in [0.29, 0.717) is 5.69 Å². The first-order chi connectivity index (χ1) is 13.8. The number of H-pyrrole nitrogens is 1. The molecule has 0 spiro atoms. The second-order valence-corrected chi connectivity index (χ2v) is 6.47. The Kier molecular flexibility index (Phi) is 4.33. The highest BCUT2D eigenvalue weighted by atomic mass is 19.3. The van der Waals surface area contributed by atoms with E-state index in [1.54, 1.807) is 6.07 Å². The number of nitrogens with one attached hydrogen (secondary N) is 1. The fourth-order valence-electron chi connectivity index (χ4n) is 3.33. The molecule has 4 rings (SSSR count). The van der Waals surface area contributed by atoms with E-state index < -0.39 is 29.4 Å². The Balaban J connectivity index is 1.98. The molecule has 1 aliphatic heterocycles. The quantitative estimate of drug-likeness (QED) is 0.703. The van der Waals surface area contributed by atoms with Crippen LogP contribution in [0, 0.1) is 5.82 Å². The summed E-state index contributed by atoms with van der Waals surface area (Å²) >= 11 is 0. The highest BCUT2D eigenvalue weighted by Crippen LogP contribution is 2.41. The molecule has 0 radical (unpaired) electrons. The number of likely N-dealkylation sites (N-methyl/N-ethyl adjacent to an activating group) is 1. The van der Waals surface area contributed by atoms with E-state index in [-0.39, 0.29) is 22.6 Å². The van der Waals surface area contributed by atoms with Crippen molar-refractivity contribution in [1.29, 1.82) is 0 Å². The first kappa shape index (κ1) is 18.7. The number of hydrogen-bond donors (Lipinski definition) is 2. The number of rotatable bonds is 4. The molecule has 1 aromatic carbocycles. The first-order valence-corrected chi connectivity index (χ1v) is 8.53. The van der Waals surface area contributed by atoms with E-state index in [0.717, 1.165) is 11.0 Å². The molecular weight excluding hydrogens is 385 g/mol. The van der Waals surface area contributed by atoms with Crippen molar-refractivity contribution in [2.75, 3.05) is 7.05 Å². The summed E-state index contributed by atoms with van der Waals surface area (Å²) in [6.07, 6.45) is -0.136. The van der Waals surface area contributed by atoms with Gasteiger partial charge in [-0.05, 0) is 41.5 Å². The molecule has 1 amide bonds. The largest absolute Gasteiger partial charge is 0.369 e. The van der Waals surface area contributed by atoms with Gasteiger partial charge in [0.1, 0.15) is 11.5 Å². The standard InChI is InChI=1S/C19H15F3N6O/c1-28-17(29)19(26-18(28)23,11-4-6-24-15(9-11)16(21)22)10-2-3-13(20)12(8-10)14-5-7-25-27-14/h2-9,16H,1H3,(H2,23,26)(H,25,27). The van der Waals surface area contributed by atoms with Gasteiger partial charge in [-0.25, -0.2) is 18.2 Å². The summed E-state index contributed by atoms with van der Waals surface area (Å²) in [6.45, 7) is 0. The minimum Gasteiger partial charge on any atom is -0.369 e. The predicted octanol–water partition coefficient (Wildman–Crippen LogP) is 2.58. The number of nitrogens with zero attached hydrogens (tertiary/aromatic N) is 4. The van der Waals surface area contributed by atoms with Crippen molar-refractivity contribution < 1.29 is 18.0 Å². The molecule has 1 unspecified atom stereocenters. The number of aliphatic imine (C=N–C) groups is 1. The maximum absolute atomic E-state index is 14.4. The lowest BCUT2D eigenvalue weighted by Crippen LogP contribution is -2.41. The molecule has 10 heteroatoms. The van der Waals surface area contributed by atoms with Crippen molar-refractivity contribution >= 4 is 11.9 Å². The van der Waals surface area contributed by atoms with Crippen molar-refractivity contribution in [2.45, 2.75) is 12.0 Å². The van der Waals surface area contributed by atoms with Gasteiger partial charge in [0, 0.05) is 25.0 Å². The molecule has 0 saturated heterocycles. The van der Waals surface area contributed by atoms with Crippen molar-refractivity contribution in [2.24, 2.45) is 10.7 Å². The number of amides is 1. The molecule has 3 heterocycles. The average molecular weight is 400 g/mol. The van der Waals surface area contributed by atoms with E-state index in [9.17, 15) is 18.0 Å². The molecule has 0 bridgehead atoms. The molecule has 2 aromatic heterocycles. The van der Waals surface area contributed by atoms with Crippen LogP contribution in [0.4, 0.5) is 13.2 Å². The van der Waals surface area contributed by atoms with E-state index in [1.807, 2.05) is 0 Å². The lowest BCUT2D eigenvalue weighted by molar-refractivity contribution is -0.129. The Hall–Kier alpha value is -3.69. The van der Waals surface area contributed by atoms with Gasteiger partial charge in [-0.1, -0.05) is 6.07 Å². The molecule has 7 nitrogen and oxygen atoms in total. The number of aromatic nitrogens is 3. The average Bonchev–Trinajstić information content (AvgIpc) is 3.32. The Labute approximate surface area is 163 Å². The molecule has 3 N–H and O–H groups in total. The third-order valence-electron chi connectivity index (χ3n) is 4.82. The van der Waals surface area contributed by atoms with Gasteiger partial charge in [-0.15, -0.1) is 0 Å². The topological polar surface area (TPSA) is 100 Å². The third kappa shape index (κ3) is 2.84. The maximum atomic E-state index is 14.4. The molecule has 0 fully saturated rings. The number of guanidine groups is 1. The van der Waals surface area contributed by atoms with Crippen LogP contribution in [0.25, 0.3) is 11.3 Å². The van der Waals surface area contributed by atoms with Crippen molar-refractivity contribution in [3.05, 3.63) is 71.4 Å². The Morgan fingerprint density at radius 3 is 2.55 bits per heavy atom. The molecule has 0 saturated carbocycles. The number of hydrogen-bond acceptors (Lipinski definition) is 5. The van der Waals surface area contributed by atoms with Gasteiger partial charge in [-0.2, -0.15) is 5.10 Å². The van der Waals surface area contributed by atoms with Gasteiger partial charge >= 0.3 is 0 Å². The Morgan fingerprint density at radius 2 is 1.93 bits per heavy atom. The van der Waals surface area contributed by atoms with Crippen LogP contribution >= 0.6 is 0 Å². The number of aromatic amines is 1. The van der Waals surface area contributed by atoms with Crippen LogP contribution in [0.2, 0.25) is 0 Å². The summed E-state index contributed by atoms with van der Waals surface area (Å²) < 4.78 is 40.9. The molecular formula is C19H15F3N6O. The molecule has 1 atom stereocenters. The van der Waals surface area contributed by atoms with Crippen LogP contribution in [0.3, 0.4) is 0 Å². The van der Waals surface area contributed by atoms with Gasteiger partial charge in [0.15, 0.2) is 11.5 Å². The number of alkyl halides is 2. The lowest BCUT2D eigenvalue weighted by atomic mass is 9.82. The summed E-state index contributed by atoms with van der Waals surface area (Å²) in [7, 11) is 1.43. The van der Waals surface area contributed by atoms with Gasteiger partial charge in [0.05, 0.1) is 5.69 Å². The summed E-state index contributed by atoms with van der Waals surface area (Å²) in [5.74, 6) is -1.20. The zero-order valence-corrected chi connectivity index (χ0v) is 15.1. The Morgan fingerprint density at radius 1 is 1.17 bits per heavy atom. The molecule has 3 aromatic rings. The zero-order valence-electron chi connectivity index (χ0n) is 15.1. The van der Waals surface area contributed by atoms with Crippen LogP contribution in [0.1, 0.15) is 23.2 Å². The highest BCUT2D eigenvalue weighted by molar-refractivity contribution is 6.09. The van der Waals surface area contributed by atoms with Crippen LogP contribution in [0.5, 0.6) is 0 Å². The van der Waals surface area contributed by atoms with E-state index >= 15 is 0 Å². The Bertz CT molecular complexity index is 1110. The summed E-state index contributed by atoms with van der Waals surface area (Å²) in [5.41, 5.74) is 4.49. The van der Waals surface area contributed by atoms with Crippen LogP contribution < -0.4 is 5.73 Å². The monoisotopic (exact) mass is 400 g/mol. The van der Waals surface area contributed by atoms with Crippen LogP contribution in [0.15, 0.2) is 53.8 Å². The molecule has 0 aliphatic carbocycles. The minimum atomic E-state index is -2.84. The highest BCUT2D eigenvalue weighted by Gasteiger charge is 2.50. The van der Waals surface area contributed by atoms with Crippen LogP contribution in [-0.4, -0.2) is 39.0 Å². The number of halogens is 3. The molecule has 29 heavy (non-hydrogen) atoms. The van der Waals surface area contributed by atoms with Crippen molar-refractivity contribution in [3.63, 3.8) is 0 Å². The maximum Gasteiger partial charge on any atom is 0.280 e. The fourth-order valence-corrected chi connectivity index (χ4v) is 3.33. The van der Waals surface area contributed by atoms with Gasteiger partial charge in [0.25, 0.3) is 12.3 Å². The summed E-state index contributed by atoms with van der Waals surface area (Å²) in [6, 6.07) is 8.06.